The summed E-state index contributed by atoms with van der Waals surface area (Å²) in [6.45, 7) is 6.50. The Kier molecular flexibility index (Phi) is 6.47. The van der Waals surface area contributed by atoms with Gasteiger partial charge in [-0.15, -0.1) is 0 Å². The summed E-state index contributed by atoms with van der Waals surface area (Å²) in [7, 11) is 0. The van der Waals surface area contributed by atoms with Crippen molar-refractivity contribution in [1.82, 2.24) is 4.90 Å². The van der Waals surface area contributed by atoms with Crippen molar-refractivity contribution < 1.29 is 14.3 Å². The molecule has 0 bridgehead atoms. The van der Waals surface area contributed by atoms with Gasteiger partial charge in [0.15, 0.2) is 0 Å². The lowest BCUT2D eigenvalue weighted by Crippen LogP contribution is -2.29. The molecule has 2 amide bonds. The van der Waals surface area contributed by atoms with E-state index < -0.39 is 0 Å². The van der Waals surface area contributed by atoms with Crippen molar-refractivity contribution in [3.05, 3.63) is 45.8 Å². The Hall–Kier alpha value is -1.53. The number of amides is 2. The summed E-state index contributed by atoms with van der Waals surface area (Å²) in [5.74, 6) is 0.413. The molecule has 1 aromatic carbocycles. The number of ether oxygens (including phenoxy) is 1. The van der Waals surface area contributed by atoms with E-state index in [-0.39, 0.29) is 11.1 Å². The van der Waals surface area contributed by atoms with Gasteiger partial charge in [-0.05, 0) is 42.5 Å². The lowest BCUT2D eigenvalue weighted by molar-refractivity contribution is -0.122. The van der Waals surface area contributed by atoms with Crippen LogP contribution in [0.15, 0.2) is 40.2 Å². The minimum absolute atomic E-state index is 0.210. The molecule has 2 rings (SSSR count). The lowest BCUT2D eigenvalue weighted by Gasteiger charge is -2.11. The summed E-state index contributed by atoms with van der Waals surface area (Å²) in [6.07, 6.45) is 5.12. The van der Waals surface area contributed by atoms with E-state index in [1.165, 1.54) is 4.90 Å². The smallest absolute Gasteiger partial charge is 0.293 e. The van der Waals surface area contributed by atoms with Gasteiger partial charge in [-0.2, -0.15) is 0 Å². The Labute approximate surface area is 148 Å². The number of carbonyl (C=O) groups excluding carboxylic acids is 2. The standard InChI is InChI=1S/C17H18BrNO3S/c1-3-5-8-19-16(20)15(23-17(19)21)11-12-10-13(18)6-7-14(12)22-9-4-2/h4,6-7,10-11H,2-3,5,8-9H2,1H3/b15-11-. The minimum Gasteiger partial charge on any atom is -0.489 e. The molecule has 0 unspecified atom stereocenters. The number of carbonyl (C=O) groups is 2. The minimum atomic E-state index is -0.233. The summed E-state index contributed by atoms with van der Waals surface area (Å²) in [6, 6.07) is 5.54. The number of nitrogens with zero attached hydrogens (tertiary/aromatic N) is 1. The first-order valence-corrected chi connectivity index (χ1v) is 8.96. The van der Waals surface area contributed by atoms with Crippen LogP contribution in [-0.4, -0.2) is 29.2 Å². The Morgan fingerprint density at radius 3 is 2.87 bits per heavy atom. The molecule has 1 aliphatic rings. The number of imide groups is 1. The Bertz CT molecular complexity index is 657. The number of hydrogen-bond donors (Lipinski definition) is 0. The summed E-state index contributed by atoms with van der Waals surface area (Å²) in [5, 5.41) is -0.210. The van der Waals surface area contributed by atoms with Gasteiger partial charge in [0.1, 0.15) is 12.4 Å². The highest BCUT2D eigenvalue weighted by molar-refractivity contribution is 9.10. The Morgan fingerprint density at radius 2 is 2.17 bits per heavy atom. The highest BCUT2D eigenvalue weighted by Crippen LogP contribution is 2.35. The van der Waals surface area contributed by atoms with Gasteiger partial charge in [0.05, 0.1) is 4.91 Å². The van der Waals surface area contributed by atoms with Crippen LogP contribution in [0.3, 0.4) is 0 Å². The van der Waals surface area contributed by atoms with Crippen LogP contribution in [0, 0.1) is 0 Å². The van der Waals surface area contributed by atoms with Crippen molar-refractivity contribution in [2.75, 3.05) is 13.2 Å². The molecule has 0 aliphatic carbocycles. The maximum Gasteiger partial charge on any atom is 0.293 e. The molecular weight excluding hydrogens is 378 g/mol. The molecule has 0 radical (unpaired) electrons. The number of hydrogen-bond acceptors (Lipinski definition) is 4. The first-order chi connectivity index (χ1) is 11.1. The van der Waals surface area contributed by atoms with E-state index in [1.54, 1.807) is 12.2 Å². The first kappa shape index (κ1) is 17.8. The SMILES string of the molecule is C=CCOc1ccc(Br)cc1/C=C1\SC(=O)N(CCCC)C1=O. The molecule has 1 heterocycles. The predicted octanol–water partition coefficient (Wildman–Crippen LogP) is 4.85. The molecule has 0 aromatic heterocycles. The van der Waals surface area contributed by atoms with Crippen LogP contribution in [0.25, 0.3) is 6.08 Å². The van der Waals surface area contributed by atoms with Crippen LogP contribution in [0.2, 0.25) is 0 Å². The van der Waals surface area contributed by atoms with Crippen molar-refractivity contribution >= 4 is 44.9 Å². The van der Waals surface area contributed by atoms with Crippen LogP contribution in [0.1, 0.15) is 25.3 Å². The fourth-order valence-electron chi connectivity index (χ4n) is 2.06. The second-order valence-electron chi connectivity index (χ2n) is 4.97. The van der Waals surface area contributed by atoms with Crippen LogP contribution >= 0.6 is 27.7 Å². The molecule has 4 nitrogen and oxygen atoms in total. The largest absolute Gasteiger partial charge is 0.489 e. The van der Waals surface area contributed by atoms with E-state index in [0.717, 1.165) is 34.6 Å². The van der Waals surface area contributed by atoms with E-state index in [1.807, 2.05) is 25.1 Å². The normalized spacial score (nSPS) is 16.3. The second kappa shape index (κ2) is 8.36. The number of benzene rings is 1. The number of rotatable bonds is 7. The molecule has 0 atom stereocenters. The van der Waals surface area contributed by atoms with Crippen molar-refractivity contribution in [2.45, 2.75) is 19.8 Å². The van der Waals surface area contributed by atoms with Crippen LogP contribution in [0.4, 0.5) is 4.79 Å². The fraction of sp³-hybridized carbons (Fsp3) is 0.294. The van der Waals surface area contributed by atoms with Crippen LogP contribution < -0.4 is 4.74 Å². The van der Waals surface area contributed by atoms with Gasteiger partial charge in [0.25, 0.3) is 11.1 Å². The highest BCUT2D eigenvalue weighted by atomic mass is 79.9. The van der Waals surface area contributed by atoms with Gasteiger partial charge in [-0.1, -0.05) is 41.9 Å². The second-order valence-corrected chi connectivity index (χ2v) is 6.88. The number of halogens is 1. The molecule has 1 fully saturated rings. The monoisotopic (exact) mass is 395 g/mol. The molecule has 0 spiro atoms. The molecule has 0 N–H and O–H groups in total. The molecule has 1 aromatic rings. The van der Waals surface area contributed by atoms with E-state index in [4.69, 9.17) is 4.74 Å². The topological polar surface area (TPSA) is 46.6 Å². The van der Waals surface area contributed by atoms with E-state index >= 15 is 0 Å². The third-order valence-electron chi connectivity index (χ3n) is 3.22. The van der Waals surface area contributed by atoms with Crippen molar-refractivity contribution in [3.8, 4) is 5.75 Å². The molecule has 23 heavy (non-hydrogen) atoms. The average Bonchev–Trinajstić information content (AvgIpc) is 2.79. The zero-order valence-corrected chi connectivity index (χ0v) is 15.3. The zero-order chi connectivity index (χ0) is 16.8. The molecule has 1 saturated heterocycles. The Balaban J connectivity index is 2.27. The Morgan fingerprint density at radius 1 is 1.39 bits per heavy atom. The number of thioether (sulfide) groups is 1. The zero-order valence-electron chi connectivity index (χ0n) is 12.9. The van der Waals surface area contributed by atoms with Gasteiger partial charge < -0.3 is 4.74 Å². The molecule has 0 saturated carbocycles. The summed E-state index contributed by atoms with van der Waals surface area (Å²) in [5.41, 5.74) is 0.752. The average molecular weight is 396 g/mol. The summed E-state index contributed by atoms with van der Waals surface area (Å²) >= 11 is 4.39. The van der Waals surface area contributed by atoms with Gasteiger partial charge in [0.2, 0.25) is 0 Å². The predicted molar refractivity (Wildman–Crippen MR) is 97.4 cm³/mol. The van der Waals surface area contributed by atoms with Crippen molar-refractivity contribution in [3.63, 3.8) is 0 Å². The number of unbranched alkanes of at least 4 members (excludes halogenated alkanes) is 1. The summed E-state index contributed by atoms with van der Waals surface area (Å²) < 4.78 is 6.48. The van der Waals surface area contributed by atoms with E-state index in [0.29, 0.717) is 23.8 Å². The van der Waals surface area contributed by atoms with E-state index in [9.17, 15) is 9.59 Å². The quantitative estimate of drug-likeness (QED) is 0.488. The van der Waals surface area contributed by atoms with Crippen LogP contribution in [-0.2, 0) is 4.79 Å². The highest BCUT2D eigenvalue weighted by Gasteiger charge is 2.34. The lowest BCUT2D eigenvalue weighted by atomic mass is 10.2. The third-order valence-corrected chi connectivity index (χ3v) is 4.62. The molecule has 122 valence electrons. The molecular formula is C17H18BrNO3S. The van der Waals surface area contributed by atoms with Crippen LogP contribution in [0.5, 0.6) is 5.75 Å². The maximum absolute atomic E-state index is 12.4. The van der Waals surface area contributed by atoms with Gasteiger partial charge in [-0.3, -0.25) is 14.5 Å². The van der Waals surface area contributed by atoms with Crippen molar-refractivity contribution in [1.29, 1.82) is 0 Å². The maximum atomic E-state index is 12.4. The van der Waals surface area contributed by atoms with Gasteiger partial charge >= 0.3 is 0 Å². The molecule has 1 aliphatic heterocycles. The first-order valence-electron chi connectivity index (χ1n) is 7.35. The molecule has 6 heteroatoms. The fourth-order valence-corrected chi connectivity index (χ4v) is 3.30. The summed E-state index contributed by atoms with van der Waals surface area (Å²) in [4.78, 5) is 26.1. The third kappa shape index (κ3) is 4.48. The van der Waals surface area contributed by atoms with Gasteiger partial charge in [0, 0.05) is 16.6 Å². The van der Waals surface area contributed by atoms with E-state index in [2.05, 4.69) is 22.5 Å². The van der Waals surface area contributed by atoms with Crippen molar-refractivity contribution in [2.24, 2.45) is 0 Å². The van der Waals surface area contributed by atoms with Gasteiger partial charge in [-0.25, -0.2) is 0 Å².